The highest BCUT2D eigenvalue weighted by atomic mass is 16.2. The Bertz CT molecular complexity index is 608. The molecule has 2 N–H and O–H groups in total. The summed E-state index contributed by atoms with van der Waals surface area (Å²) in [4.78, 5) is 26.1. The molecule has 3 rings (SSSR count). The average Bonchev–Trinajstić information content (AvgIpc) is 2.50. The fourth-order valence-electron chi connectivity index (χ4n) is 3.40. The molecule has 0 saturated heterocycles. The summed E-state index contributed by atoms with van der Waals surface area (Å²) in [6.07, 6.45) is 6.36. The summed E-state index contributed by atoms with van der Waals surface area (Å²) >= 11 is 0. The van der Waals surface area contributed by atoms with E-state index < -0.39 is 6.03 Å². The van der Waals surface area contributed by atoms with Crippen LogP contribution >= 0.6 is 0 Å². The minimum atomic E-state index is -0.505. The molecular formula is C16H18N2O2. The number of nitrogens with zero attached hydrogens (tertiary/aromatic N) is 1. The Labute approximate surface area is 118 Å². The molecule has 1 aromatic rings. The maximum atomic E-state index is 12.5. The predicted molar refractivity (Wildman–Crippen MR) is 77.7 cm³/mol. The summed E-state index contributed by atoms with van der Waals surface area (Å²) in [6.45, 7) is 2.07. The van der Waals surface area contributed by atoms with E-state index in [2.05, 4.69) is 13.0 Å². The molecular weight excluding hydrogens is 252 g/mol. The molecule has 1 aliphatic carbocycles. The van der Waals surface area contributed by atoms with Gasteiger partial charge in [-0.2, -0.15) is 0 Å². The second-order valence-corrected chi connectivity index (χ2v) is 5.89. The second kappa shape index (κ2) is 4.47. The highest BCUT2D eigenvalue weighted by Gasteiger charge is 2.44. The summed E-state index contributed by atoms with van der Waals surface area (Å²) < 4.78 is 0. The van der Waals surface area contributed by atoms with Crippen LogP contribution in [0.1, 0.15) is 36.5 Å². The molecule has 2 atom stereocenters. The highest BCUT2D eigenvalue weighted by Crippen LogP contribution is 2.44. The van der Waals surface area contributed by atoms with Crippen LogP contribution in [0.25, 0.3) is 0 Å². The van der Waals surface area contributed by atoms with Crippen LogP contribution < -0.4 is 10.6 Å². The predicted octanol–water partition coefficient (Wildman–Crippen LogP) is 2.88. The first kappa shape index (κ1) is 12.9. The number of carbonyl (C=O) groups excluding carboxylic acids is 2. The summed E-state index contributed by atoms with van der Waals surface area (Å²) in [5.74, 6) is 0.0900. The monoisotopic (exact) mass is 270 g/mol. The van der Waals surface area contributed by atoms with E-state index in [1.165, 1.54) is 0 Å². The van der Waals surface area contributed by atoms with Gasteiger partial charge in [0.1, 0.15) is 0 Å². The largest absolute Gasteiger partial charge is 0.351 e. The van der Waals surface area contributed by atoms with Gasteiger partial charge >= 0.3 is 6.03 Å². The Kier molecular flexibility index (Phi) is 2.89. The number of hydrogen-bond donors (Lipinski definition) is 1. The van der Waals surface area contributed by atoms with E-state index in [-0.39, 0.29) is 17.2 Å². The Morgan fingerprint density at radius 3 is 2.90 bits per heavy atom. The summed E-state index contributed by atoms with van der Waals surface area (Å²) in [5, 5.41) is 0. The number of primary amides is 1. The Hall–Kier alpha value is -2.10. The molecule has 2 aliphatic rings. The molecule has 104 valence electrons. The van der Waals surface area contributed by atoms with Gasteiger partial charge in [0.2, 0.25) is 0 Å². The Morgan fingerprint density at radius 2 is 2.15 bits per heavy atom. The molecule has 0 saturated carbocycles. The molecule has 1 heterocycles. The highest BCUT2D eigenvalue weighted by molar-refractivity contribution is 6.07. The van der Waals surface area contributed by atoms with Gasteiger partial charge in [0.15, 0.2) is 5.78 Å². The van der Waals surface area contributed by atoms with E-state index in [1.54, 1.807) is 17.0 Å². The van der Waals surface area contributed by atoms with Crippen LogP contribution in [0.3, 0.4) is 0 Å². The fourth-order valence-corrected chi connectivity index (χ4v) is 3.40. The van der Waals surface area contributed by atoms with Crippen LogP contribution in [-0.2, 0) is 0 Å². The van der Waals surface area contributed by atoms with Gasteiger partial charge < -0.3 is 5.73 Å². The topological polar surface area (TPSA) is 63.4 Å². The molecule has 20 heavy (non-hydrogen) atoms. The molecule has 1 unspecified atom stereocenters. The number of hydrogen-bond acceptors (Lipinski definition) is 2. The average molecular weight is 270 g/mol. The van der Waals surface area contributed by atoms with Crippen molar-refractivity contribution in [1.82, 2.24) is 0 Å². The molecule has 0 radical (unpaired) electrons. The van der Waals surface area contributed by atoms with Crippen LogP contribution in [0, 0.1) is 5.41 Å². The van der Waals surface area contributed by atoms with Gasteiger partial charge in [-0.1, -0.05) is 31.2 Å². The van der Waals surface area contributed by atoms with Gasteiger partial charge in [0, 0.05) is 12.0 Å². The number of ketones is 1. The van der Waals surface area contributed by atoms with E-state index >= 15 is 0 Å². The number of urea groups is 1. The second-order valence-electron chi connectivity index (χ2n) is 5.89. The molecule has 0 bridgehead atoms. The van der Waals surface area contributed by atoms with Crippen molar-refractivity contribution in [3.8, 4) is 0 Å². The van der Waals surface area contributed by atoms with Crippen molar-refractivity contribution in [2.24, 2.45) is 11.1 Å². The van der Waals surface area contributed by atoms with Gasteiger partial charge in [-0.15, -0.1) is 0 Å². The lowest BCUT2D eigenvalue weighted by Crippen LogP contribution is -2.51. The van der Waals surface area contributed by atoms with Crippen LogP contribution in [0.4, 0.5) is 10.5 Å². The number of allylic oxidation sites excluding steroid dienone is 1. The molecule has 4 heteroatoms. The number of carbonyl (C=O) groups is 2. The third kappa shape index (κ3) is 1.83. The lowest BCUT2D eigenvalue weighted by molar-refractivity contribution is 0.0908. The van der Waals surface area contributed by atoms with Crippen molar-refractivity contribution < 1.29 is 9.59 Å². The standard InChI is InChI=1S/C16H18N2O2/c1-16-9-5-4-8-14(16)18(15(17)20)12-7-3-2-6-11(12)13(19)10-16/h2-4,6-8,14H,5,9-10H2,1H3,(H2,17,20)/t14?,16-/m1/s1. The zero-order valence-corrected chi connectivity index (χ0v) is 11.5. The van der Waals surface area contributed by atoms with Gasteiger partial charge in [-0.05, 0) is 30.4 Å². The van der Waals surface area contributed by atoms with E-state index in [1.807, 2.05) is 18.2 Å². The van der Waals surface area contributed by atoms with Gasteiger partial charge in [0.25, 0.3) is 0 Å². The lowest BCUT2D eigenvalue weighted by atomic mass is 9.71. The molecule has 4 nitrogen and oxygen atoms in total. The van der Waals surface area contributed by atoms with E-state index in [0.717, 1.165) is 12.8 Å². The number of Topliss-reactive ketones (excluding diaryl/α,β-unsaturated/α-hetero) is 1. The zero-order chi connectivity index (χ0) is 14.3. The van der Waals surface area contributed by atoms with Crippen LogP contribution in [0.5, 0.6) is 0 Å². The van der Waals surface area contributed by atoms with Crippen LogP contribution in [0.15, 0.2) is 36.4 Å². The Balaban J connectivity index is 2.22. The normalized spacial score (nSPS) is 28.6. The number of para-hydroxylation sites is 1. The molecule has 0 aromatic heterocycles. The van der Waals surface area contributed by atoms with Crippen molar-refractivity contribution in [2.75, 3.05) is 4.90 Å². The maximum absolute atomic E-state index is 12.5. The van der Waals surface area contributed by atoms with Crippen molar-refractivity contribution in [1.29, 1.82) is 0 Å². The number of amides is 2. The van der Waals surface area contributed by atoms with Crippen molar-refractivity contribution >= 4 is 17.5 Å². The summed E-state index contributed by atoms with van der Waals surface area (Å²) in [6, 6.07) is 6.57. The van der Waals surface area contributed by atoms with Gasteiger partial charge in [-0.3, -0.25) is 9.69 Å². The first-order chi connectivity index (χ1) is 9.53. The SMILES string of the molecule is C[C@]12CCC=CC1N(C(N)=O)c1ccccc1C(=O)C2. The van der Waals surface area contributed by atoms with Crippen LogP contribution in [-0.4, -0.2) is 17.9 Å². The van der Waals surface area contributed by atoms with E-state index in [9.17, 15) is 9.59 Å². The quantitative estimate of drug-likeness (QED) is 0.737. The number of benzene rings is 1. The minimum Gasteiger partial charge on any atom is -0.351 e. The Morgan fingerprint density at radius 1 is 1.40 bits per heavy atom. The van der Waals surface area contributed by atoms with Crippen molar-refractivity contribution in [3.63, 3.8) is 0 Å². The van der Waals surface area contributed by atoms with Gasteiger partial charge in [0.05, 0.1) is 11.7 Å². The minimum absolute atomic E-state index is 0.0900. The number of anilines is 1. The van der Waals surface area contributed by atoms with Gasteiger partial charge in [-0.25, -0.2) is 4.79 Å². The number of nitrogens with two attached hydrogens (primary N) is 1. The van der Waals surface area contributed by atoms with Crippen LogP contribution in [0.2, 0.25) is 0 Å². The third-order valence-corrected chi connectivity index (χ3v) is 4.46. The number of rotatable bonds is 0. The summed E-state index contributed by atoms with van der Waals surface area (Å²) in [5.41, 5.74) is 6.58. The maximum Gasteiger partial charge on any atom is 0.319 e. The first-order valence-electron chi connectivity index (χ1n) is 6.90. The first-order valence-corrected chi connectivity index (χ1v) is 6.90. The molecule has 1 aromatic carbocycles. The smallest absolute Gasteiger partial charge is 0.319 e. The molecule has 0 spiro atoms. The fraction of sp³-hybridized carbons (Fsp3) is 0.375. The van der Waals surface area contributed by atoms with Crippen molar-refractivity contribution in [3.05, 3.63) is 42.0 Å². The molecule has 1 aliphatic heterocycles. The molecule has 2 amide bonds. The molecule has 0 fully saturated rings. The lowest BCUT2D eigenvalue weighted by Gasteiger charge is -2.42. The van der Waals surface area contributed by atoms with Crippen molar-refractivity contribution in [2.45, 2.75) is 32.2 Å². The third-order valence-electron chi connectivity index (χ3n) is 4.46. The summed E-state index contributed by atoms with van der Waals surface area (Å²) in [7, 11) is 0. The van der Waals surface area contributed by atoms with E-state index in [0.29, 0.717) is 17.7 Å². The number of fused-ring (bicyclic) bond motifs is 2. The van der Waals surface area contributed by atoms with E-state index in [4.69, 9.17) is 5.73 Å². The zero-order valence-electron chi connectivity index (χ0n) is 11.5.